The minimum atomic E-state index is -0.683. The number of nitrogens with one attached hydrogen (secondary N) is 1. The first-order chi connectivity index (χ1) is 10.4. The van der Waals surface area contributed by atoms with Crippen molar-refractivity contribution in [1.29, 1.82) is 5.26 Å². The van der Waals surface area contributed by atoms with Crippen molar-refractivity contribution in [2.24, 2.45) is 0 Å². The molecule has 0 bridgehead atoms. The minimum absolute atomic E-state index is 0.00875. The molecule has 7 nitrogen and oxygen atoms in total. The van der Waals surface area contributed by atoms with Gasteiger partial charge in [0.05, 0.1) is 20.5 Å². The van der Waals surface area contributed by atoms with Gasteiger partial charge in [0, 0.05) is 6.07 Å². The average molecular weight is 357 g/mol. The first kappa shape index (κ1) is 16.3. The molecule has 22 heavy (non-hydrogen) atoms. The van der Waals surface area contributed by atoms with Crippen LogP contribution in [0.5, 0.6) is 0 Å². The van der Waals surface area contributed by atoms with Gasteiger partial charge < -0.3 is 4.98 Å². The molecular weight excluding hydrogens is 351 g/mol. The Labute approximate surface area is 138 Å². The van der Waals surface area contributed by atoms with Gasteiger partial charge in [-0.3, -0.25) is 14.9 Å². The number of halogens is 2. The summed E-state index contributed by atoms with van der Waals surface area (Å²) in [7, 11) is 0. The molecule has 0 aliphatic rings. The second kappa shape index (κ2) is 6.36. The van der Waals surface area contributed by atoms with Crippen molar-refractivity contribution in [1.82, 2.24) is 9.97 Å². The highest BCUT2D eigenvalue weighted by atomic mass is 35.5. The number of nitro benzene ring substituents is 1. The van der Waals surface area contributed by atoms with Crippen LogP contribution in [0.25, 0.3) is 11.3 Å². The third kappa shape index (κ3) is 2.92. The topological polar surface area (TPSA) is 113 Å². The molecule has 0 atom stereocenters. The molecule has 112 valence electrons. The number of hydrogen-bond donors (Lipinski definition) is 1. The summed E-state index contributed by atoms with van der Waals surface area (Å²) in [5.74, 6) is 0. The zero-order valence-corrected chi connectivity index (χ0v) is 13.2. The molecule has 0 aliphatic carbocycles. The zero-order valence-electron chi connectivity index (χ0n) is 10.9. The van der Waals surface area contributed by atoms with E-state index in [2.05, 4.69) is 9.97 Å². The van der Waals surface area contributed by atoms with E-state index < -0.39 is 16.2 Å². The van der Waals surface area contributed by atoms with Crippen molar-refractivity contribution in [2.45, 2.75) is 5.16 Å². The number of aromatic nitrogens is 2. The van der Waals surface area contributed by atoms with Crippen LogP contribution >= 0.6 is 35.0 Å². The second-order valence-electron chi connectivity index (χ2n) is 3.95. The van der Waals surface area contributed by atoms with Gasteiger partial charge in [0.25, 0.3) is 11.2 Å². The Balaban J connectivity index is 2.90. The van der Waals surface area contributed by atoms with Crippen LogP contribution in [0.1, 0.15) is 5.56 Å². The van der Waals surface area contributed by atoms with Crippen LogP contribution in [0, 0.1) is 21.4 Å². The lowest BCUT2D eigenvalue weighted by atomic mass is 10.1. The highest BCUT2D eigenvalue weighted by Crippen LogP contribution is 2.37. The zero-order chi connectivity index (χ0) is 16.4. The molecule has 1 heterocycles. The molecule has 0 fully saturated rings. The number of hydrogen-bond acceptors (Lipinski definition) is 6. The van der Waals surface area contributed by atoms with E-state index in [1.165, 1.54) is 6.07 Å². The predicted octanol–water partition coefficient (Wildman–Crippen LogP) is 3.25. The third-order valence-corrected chi connectivity index (χ3v) is 4.00. The van der Waals surface area contributed by atoms with Crippen molar-refractivity contribution < 1.29 is 4.92 Å². The van der Waals surface area contributed by atoms with Gasteiger partial charge in [-0.2, -0.15) is 5.26 Å². The quantitative estimate of drug-likeness (QED) is 0.390. The lowest BCUT2D eigenvalue weighted by molar-refractivity contribution is -0.384. The predicted molar refractivity (Wildman–Crippen MR) is 83.5 cm³/mol. The Morgan fingerprint density at radius 3 is 2.59 bits per heavy atom. The van der Waals surface area contributed by atoms with Crippen LogP contribution in [-0.2, 0) is 0 Å². The summed E-state index contributed by atoms with van der Waals surface area (Å²) in [6, 6.07) is 3.97. The number of thioether (sulfide) groups is 1. The third-order valence-electron chi connectivity index (χ3n) is 2.69. The van der Waals surface area contributed by atoms with Crippen LogP contribution in [-0.4, -0.2) is 21.1 Å². The van der Waals surface area contributed by atoms with Gasteiger partial charge in [-0.05, 0) is 12.3 Å². The number of rotatable bonds is 3. The van der Waals surface area contributed by atoms with Gasteiger partial charge >= 0.3 is 0 Å². The molecule has 0 saturated carbocycles. The number of nitro groups is 1. The normalized spacial score (nSPS) is 10.3. The first-order valence-corrected chi connectivity index (χ1v) is 7.59. The van der Waals surface area contributed by atoms with E-state index in [9.17, 15) is 14.9 Å². The van der Waals surface area contributed by atoms with E-state index in [1.54, 1.807) is 12.3 Å². The van der Waals surface area contributed by atoms with Crippen molar-refractivity contribution >= 4 is 40.7 Å². The highest BCUT2D eigenvalue weighted by Gasteiger charge is 2.24. The fraction of sp³-hybridized carbons (Fsp3) is 0.0833. The SMILES string of the molecule is CSc1nc(-c2cc(Cl)c(Cl)cc2[N+](=O)[O-])c(C#N)c(=O)[nH]1. The second-order valence-corrected chi connectivity index (χ2v) is 5.56. The molecule has 0 unspecified atom stereocenters. The summed E-state index contributed by atoms with van der Waals surface area (Å²) in [6.07, 6.45) is 1.66. The minimum Gasteiger partial charge on any atom is -0.300 e. The van der Waals surface area contributed by atoms with Crippen LogP contribution in [0.15, 0.2) is 22.1 Å². The molecule has 0 saturated heterocycles. The van der Waals surface area contributed by atoms with Crippen LogP contribution in [0.3, 0.4) is 0 Å². The first-order valence-electron chi connectivity index (χ1n) is 5.61. The standard InChI is InChI=1S/C12H6Cl2N4O3S/c1-22-12-16-10(6(4-15)11(19)17-12)5-2-7(13)8(14)3-9(5)18(20)21/h2-3H,1H3,(H,16,17,19). The monoisotopic (exact) mass is 356 g/mol. The fourth-order valence-electron chi connectivity index (χ4n) is 1.72. The Morgan fingerprint density at radius 1 is 1.41 bits per heavy atom. The van der Waals surface area contributed by atoms with Gasteiger partial charge in [0.1, 0.15) is 17.3 Å². The Kier molecular flexibility index (Phi) is 4.71. The molecule has 0 aliphatic heterocycles. The molecule has 0 radical (unpaired) electrons. The van der Waals surface area contributed by atoms with Gasteiger partial charge in [-0.15, -0.1) is 0 Å². The van der Waals surface area contributed by atoms with E-state index in [1.807, 2.05) is 0 Å². The lowest BCUT2D eigenvalue weighted by Crippen LogP contribution is -2.15. The van der Waals surface area contributed by atoms with Crippen LogP contribution in [0.4, 0.5) is 5.69 Å². The van der Waals surface area contributed by atoms with E-state index in [-0.39, 0.29) is 32.0 Å². The number of nitriles is 1. The summed E-state index contributed by atoms with van der Waals surface area (Å²) in [5, 5.41) is 20.6. The lowest BCUT2D eigenvalue weighted by Gasteiger charge is -2.07. The Bertz CT molecular complexity index is 876. The summed E-state index contributed by atoms with van der Waals surface area (Å²) < 4.78 is 0. The van der Waals surface area contributed by atoms with Gasteiger partial charge in [-0.1, -0.05) is 35.0 Å². The van der Waals surface area contributed by atoms with Crippen molar-refractivity contribution in [3.8, 4) is 17.3 Å². The molecule has 1 aromatic heterocycles. The van der Waals surface area contributed by atoms with Crippen molar-refractivity contribution in [3.05, 3.63) is 48.2 Å². The van der Waals surface area contributed by atoms with E-state index in [4.69, 9.17) is 28.5 Å². The van der Waals surface area contributed by atoms with E-state index in [0.717, 1.165) is 17.8 Å². The molecule has 0 amide bonds. The number of benzene rings is 1. The Hall–Kier alpha value is -2.08. The summed E-state index contributed by atoms with van der Waals surface area (Å²) in [6.45, 7) is 0. The van der Waals surface area contributed by atoms with E-state index in [0.29, 0.717) is 0 Å². The number of H-pyrrole nitrogens is 1. The fourth-order valence-corrected chi connectivity index (χ4v) is 2.42. The van der Waals surface area contributed by atoms with Crippen molar-refractivity contribution in [2.75, 3.05) is 6.26 Å². The van der Waals surface area contributed by atoms with E-state index >= 15 is 0 Å². The molecule has 0 spiro atoms. The highest BCUT2D eigenvalue weighted by molar-refractivity contribution is 7.98. The van der Waals surface area contributed by atoms with Gasteiger partial charge in [0.2, 0.25) is 0 Å². The van der Waals surface area contributed by atoms with Crippen LogP contribution < -0.4 is 5.56 Å². The number of nitrogens with zero attached hydrogens (tertiary/aromatic N) is 3. The summed E-state index contributed by atoms with van der Waals surface area (Å²) >= 11 is 12.8. The molecule has 2 aromatic rings. The van der Waals surface area contributed by atoms with Crippen molar-refractivity contribution in [3.63, 3.8) is 0 Å². The molecule has 1 aromatic carbocycles. The maximum atomic E-state index is 11.9. The van der Waals surface area contributed by atoms with Gasteiger partial charge in [0.15, 0.2) is 5.16 Å². The van der Waals surface area contributed by atoms with Crippen LogP contribution in [0.2, 0.25) is 10.0 Å². The molecule has 10 heteroatoms. The number of aromatic amines is 1. The molecular formula is C12H6Cl2N4O3S. The maximum absolute atomic E-state index is 11.9. The maximum Gasteiger partial charge on any atom is 0.280 e. The van der Waals surface area contributed by atoms with Gasteiger partial charge in [-0.25, -0.2) is 4.98 Å². The average Bonchev–Trinajstić information content (AvgIpc) is 2.48. The smallest absolute Gasteiger partial charge is 0.280 e. The largest absolute Gasteiger partial charge is 0.300 e. The molecule has 1 N–H and O–H groups in total. The summed E-state index contributed by atoms with van der Waals surface area (Å²) in [5.41, 5.74) is -1.56. The Morgan fingerprint density at radius 2 is 2.05 bits per heavy atom. The molecule has 2 rings (SSSR count). The summed E-state index contributed by atoms with van der Waals surface area (Å²) in [4.78, 5) is 28.9.